The van der Waals surface area contributed by atoms with E-state index in [0.717, 1.165) is 10.1 Å². The SMILES string of the molecule is CC(OC(=O)Cn1c(C(F)(F)F)nc2ccccc21)C(=O)N(C)Cc1ccccc1. The van der Waals surface area contributed by atoms with E-state index in [1.807, 2.05) is 30.3 Å². The van der Waals surface area contributed by atoms with Crippen LogP contribution in [0.2, 0.25) is 0 Å². The van der Waals surface area contributed by atoms with Crippen molar-refractivity contribution in [3.63, 3.8) is 0 Å². The van der Waals surface area contributed by atoms with E-state index in [1.165, 1.54) is 24.0 Å². The predicted molar refractivity (Wildman–Crippen MR) is 103 cm³/mol. The van der Waals surface area contributed by atoms with E-state index >= 15 is 0 Å². The average Bonchev–Trinajstić information content (AvgIpc) is 3.07. The number of ether oxygens (including phenoxy) is 1. The maximum Gasteiger partial charge on any atom is 0.449 e. The summed E-state index contributed by atoms with van der Waals surface area (Å²) in [5, 5.41) is 0. The number of amides is 1. The van der Waals surface area contributed by atoms with E-state index < -0.39 is 36.5 Å². The van der Waals surface area contributed by atoms with Crippen LogP contribution in [-0.4, -0.2) is 39.5 Å². The third-order valence-corrected chi connectivity index (χ3v) is 4.49. The number of hydrogen-bond donors (Lipinski definition) is 0. The summed E-state index contributed by atoms with van der Waals surface area (Å²) < 4.78 is 45.9. The Bertz CT molecular complexity index is 1050. The zero-order chi connectivity index (χ0) is 21.9. The standard InChI is InChI=1S/C21H20F3N3O3/c1-14(19(29)26(2)12-15-8-4-3-5-9-15)30-18(28)13-27-17-11-7-6-10-16(17)25-20(27)21(22,23)24/h3-11,14H,12-13H2,1-2H3. The fourth-order valence-corrected chi connectivity index (χ4v) is 3.11. The minimum Gasteiger partial charge on any atom is -0.451 e. The first-order valence-corrected chi connectivity index (χ1v) is 9.17. The molecular weight excluding hydrogens is 399 g/mol. The highest BCUT2D eigenvalue weighted by atomic mass is 19.4. The first-order valence-electron chi connectivity index (χ1n) is 9.17. The maximum atomic E-state index is 13.3. The summed E-state index contributed by atoms with van der Waals surface area (Å²) in [4.78, 5) is 29.8. The molecule has 9 heteroatoms. The highest BCUT2D eigenvalue weighted by molar-refractivity contribution is 5.84. The molecule has 2 aromatic carbocycles. The van der Waals surface area contributed by atoms with Crippen molar-refractivity contribution >= 4 is 22.9 Å². The van der Waals surface area contributed by atoms with Gasteiger partial charge in [-0.3, -0.25) is 9.59 Å². The Kier molecular flexibility index (Phi) is 6.09. The third kappa shape index (κ3) is 4.79. The van der Waals surface area contributed by atoms with Crippen molar-refractivity contribution in [2.75, 3.05) is 7.05 Å². The largest absolute Gasteiger partial charge is 0.451 e. The lowest BCUT2D eigenvalue weighted by Crippen LogP contribution is -2.37. The van der Waals surface area contributed by atoms with Crippen LogP contribution >= 0.6 is 0 Å². The lowest BCUT2D eigenvalue weighted by Gasteiger charge is -2.22. The summed E-state index contributed by atoms with van der Waals surface area (Å²) in [6, 6.07) is 15.2. The van der Waals surface area contributed by atoms with E-state index in [-0.39, 0.29) is 11.0 Å². The van der Waals surface area contributed by atoms with E-state index in [9.17, 15) is 22.8 Å². The molecule has 1 unspecified atom stereocenters. The minimum atomic E-state index is -4.74. The van der Waals surface area contributed by atoms with Gasteiger partial charge in [0.05, 0.1) is 11.0 Å². The van der Waals surface area contributed by atoms with Crippen LogP contribution in [0.1, 0.15) is 18.3 Å². The molecule has 1 amide bonds. The summed E-state index contributed by atoms with van der Waals surface area (Å²) in [7, 11) is 1.56. The van der Waals surface area contributed by atoms with Gasteiger partial charge in [0, 0.05) is 13.6 Å². The number of para-hydroxylation sites is 2. The summed E-state index contributed by atoms with van der Waals surface area (Å²) >= 11 is 0. The van der Waals surface area contributed by atoms with Gasteiger partial charge >= 0.3 is 12.1 Å². The second-order valence-electron chi connectivity index (χ2n) is 6.82. The maximum absolute atomic E-state index is 13.3. The first kappa shape index (κ1) is 21.4. The number of halogens is 3. The van der Waals surface area contributed by atoms with Crippen molar-refractivity contribution in [3.05, 3.63) is 66.0 Å². The molecule has 0 saturated heterocycles. The molecule has 0 spiro atoms. The van der Waals surface area contributed by atoms with E-state index in [0.29, 0.717) is 6.54 Å². The Morgan fingerprint density at radius 3 is 2.40 bits per heavy atom. The van der Waals surface area contributed by atoms with Crippen molar-refractivity contribution in [1.82, 2.24) is 14.5 Å². The number of fused-ring (bicyclic) bond motifs is 1. The van der Waals surface area contributed by atoms with E-state index in [1.54, 1.807) is 19.2 Å². The molecule has 1 aromatic heterocycles. The number of hydrogen-bond acceptors (Lipinski definition) is 4. The number of alkyl halides is 3. The van der Waals surface area contributed by atoms with Gasteiger partial charge in [-0.1, -0.05) is 42.5 Å². The molecule has 0 saturated carbocycles. The zero-order valence-corrected chi connectivity index (χ0v) is 16.4. The predicted octanol–water partition coefficient (Wildman–Crippen LogP) is 3.65. The molecule has 6 nitrogen and oxygen atoms in total. The van der Waals surface area contributed by atoms with Crippen LogP contribution in [0, 0.1) is 0 Å². The molecular formula is C21H20F3N3O3. The van der Waals surface area contributed by atoms with Crippen molar-refractivity contribution in [2.45, 2.75) is 32.3 Å². The monoisotopic (exact) mass is 419 g/mol. The molecule has 0 N–H and O–H groups in total. The number of likely N-dealkylation sites (N-methyl/N-ethyl adjacent to an activating group) is 1. The highest BCUT2D eigenvalue weighted by Gasteiger charge is 2.38. The van der Waals surface area contributed by atoms with E-state index in [4.69, 9.17) is 4.74 Å². The van der Waals surface area contributed by atoms with Crippen molar-refractivity contribution in [2.24, 2.45) is 0 Å². The fourth-order valence-electron chi connectivity index (χ4n) is 3.11. The highest BCUT2D eigenvalue weighted by Crippen LogP contribution is 2.31. The number of benzene rings is 2. The molecule has 0 radical (unpaired) electrons. The second-order valence-corrected chi connectivity index (χ2v) is 6.82. The number of nitrogens with zero attached hydrogens (tertiary/aromatic N) is 3. The Morgan fingerprint density at radius 1 is 1.10 bits per heavy atom. The van der Waals surface area contributed by atoms with Gasteiger partial charge in [0.1, 0.15) is 6.54 Å². The molecule has 0 aliphatic rings. The van der Waals surface area contributed by atoms with Gasteiger partial charge in [0.2, 0.25) is 5.82 Å². The van der Waals surface area contributed by atoms with Crippen molar-refractivity contribution < 1.29 is 27.5 Å². The van der Waals surface area contributed by atoms with Crippen LogP contribution < -0.4 is 0 Å². The quantitative estimate of drug-likeness (QED) is 0.573. The lowest BCUT2D eigenvalue weighted by molar-refractivity contribution is -0.160. The number of aromatic nitrogens is 2. The van der Waals surface area contributed by atoms with Crippen LogP contribution in [0.4, 0.5) is 13.2 Å². The second kappa shape index (κ2) is 8.56. The van der Waals surface area contributed by atoms with Gasteiger partial charge in [0.15, 0.2) is 6.10 Å². The van der Waals surface area contributed by atoms with Gasteiger partial charge in [-0.2, -0.15) is 13.2 Å². The molecule has 0 fully saturated rings. The van der Waals surface area contributed by atoms with Gasteiger partial charge in [-0.15, -0.1) is 0 Å². The molecule has 158 valence electrons. The summed E-state index contributed by atoms with van der Waals surface area (Å²) in [6.45, 7) is 0.986. The summed E-state index contributed by atoms with van der Waals surface area (Å²) in [6.07, 6.45) is -5.88. The topological polar surface area (TPSA) is 64.4 Å². The number of carbonyl (C=O) groups excluding carboxylic acids is 2. The van der Waals surface area contributed by atoms with E-state index in [2.05, 4.69) is 4.98 Å². The molecule has 0 bridgehead atoms. The first-order chi connectivity index (χ1) is 14.2. The van der Waals surface area contributed by atoms with Gasteiger partial charge in [0.25, 0.3) is 5.91 Å². The normalized spacial score (nSPS) is 12.6. The third-order valence-electron chi connectivity index (χ3n) is 4.49. The molecule has 3 aromatic rings. The molecule has 1 heterocycles. The summed E-state index contributed by atoms with van der Waals surface area (Å²) in [5.41, 5.74) is 1.16. The number of imidazole rings is 1. The number of esters is 1. The average molecular weight is 419 g/mol. The molecule has 30 heavy (non-hydrogen) atoms. The molecule has 1 atom stereocenters. The smallest absolute Gasteiger partial charge is 0.449 e. The molecule has 0 aliphatic carbocycles. The lowest BCUT2D eigenvalue weighted by atomic mass is 10.2. The molecule has 0 aliphatic heterocycles. The minimum absolute atomic E-state index is 0.115. The van der Waals surface area contributed by atoms with Crippen LogP contribution in [0.15, 0.2) is 54.6 Å². The Morgan fingerprint density at radius 2 is 1.73 bits per heavy atom. The zero-order valence-electron chi connectivity index (χ0n) is 16.4. The number of rotatable bonds is 6. The van der Waals surface area contributed by atoms with Gasteiger partial charge < -0.3 is 14.2 Å². The van der Waals surface area contributed by atoms with Crippen LogP contribution in [0.5, 0.6) is 0 Å². The number of carbonyl (C=O) groups is 2. The Balaban J connectivity index is 1.70. The van der Waals surface area contributed by atoms with Crippen LogP contribution in [0.25, 0.3) is 11.0 Å². The Labute approximate surface area is 170 Å². The van der Waals surface area contributed by atoms with Crippen molar-refractivity contribution in [3.8, 4) is 0 Å². The van der Waals surface area contributed by atoms with Crippen LogP contribution in [0.3, 0.4) is 0 Å². The van der Waals surface area contributed by atoms with Crippen molar-refractivity contribution in [1.29, 1.82) is 0 Å². The Hall–Kier alpha value is -3.36. The van der Waals surface area contributed by atoms with Crippen LogP contribution in [-0.2, 0) is 33.6 Å². The molecule has 3 rings (SSSR count). The van der Waals surface area contributed by atoms with Gasteiger partial charge in [-0.25, -0.2) is 4.98 Å². The van der Waals surface area contributed by atoms with Gasteiger partial charge in [-0.05, 0) is 24.6 Å². The summed E-state index contributed by atoms with van der Waals surface area (Å²) in [5.74, 6) is -2.61. The fraction of sp³-hybridized carbons (Fsp3) is 0.286.